The molecule has 0 amide bonds. The Morgan fingerprint density at radius 1 is 0.818 bits per heavy atom. The zero-order valence-electron chi connectivity index (χ0n) is 7.47. The van der Waals surface area contributed by atoms with Crippen molar-refractivity contribution in [2.24, 2.45) is 0 Å². The van der Waals surface area contributed by atoms with E-state index in [9.17, 15) is 0 Å². The lowest BCUT2D eigenvalue weighted by atomic mass is 10.3. The lowest BCUT2D eigenvalue weighted by Crippen LogP contribution is -1.95. The highest BCUT2D eigenvalue weighted by Crippen LogP contribution is 1.91. The molecule has 0 unspecified atom stereocenters. The Morgan fingerprint density at radius 3 is 1.45 bits per heavy atom. The van der Waals surface area contributed by atoms with Gasteiger partial charge in [-0.3, -0.25) is 9.41 Å². The SMILES string of the molecule is CCCCOCCCC.F.F. The van der Waals surface area contributed by atoms with Crippen molar-refractivity contribution in [3.63, 3.8) is 0 Å². The third-order valence-corrected chi connectivity index (χ3v) is 1.28. The summed E-state index contributed by atoms with van der Waals surface area (Å²) in [5, 5.41) is 0. The quantitative estimate of drug-likeness (QED) is 0.557. The molecule has 0 atom stereocenters. The fourth-order valence-electron chi connectivity index (χ4n) is 0.595. The van der Waals surface area contributed by atoms with E-state index >= 15 is 0 Å². The van der Waals surface area contributed by atoms with Crippen molar-refractivity contribution in [1.82, 2.24) is 0 Å². The molecule has 0 bridgehead atoms. The Balaban J connectivity index is -0.000000320. The molecule has 0 fully saturated rings. The van der Waals surface area contributed by atoms with E-state index in [2.05, 4.69) is 13.8 Å². The van der Waals surface area contributed by atoms with E-state index in [4.69, 9.17) is 4.74 Å². The summed E-state index contributed by atoms with van der Waals surface area (Å²) in [5.41, 5.74) is 0. The van der Waals surface area contributed by atoms with Gasteiger partial charge in [-0.05, 0) is 12.8 Å². The van der Waals surface area contributed by atoms with E-state index in [0.717, 1.165) is 13.2 Å². The van der Waals surface area contributed by atoms with Gasteiger partial charge in [0.2, 0.25) is 0 Å². The van der Waals surface area contributed by atoms with E-state index in [1.54, 1.807) is 0 Å². The molecule has 0 aromatic carbocycles. The first-order valence-corrected chi connectivity index (χ1v) is 3.99. The summed E-state index contributed by atoms with van der Waals surface area (Å²) in [6.07, 6.45) is 4.91. The van der Waals surface area contributed by atoms with Gasteiger partial charge in [-0.2, -0.15) is 0 Å². The summed E-state index contributed by atoms with van der Waals surface area (Å²) < 4.78 is 5.31. The average molecular weight is 170 g/mol. The number of rotatable bonds is 6. The highest BCUT2D eigenvalue weighted by Gasteiger charge is 1.84. The van der Waals surface area contributed by atoms with Crippen molar-refractivity contribution in [2.45, 2.75) is 39.5 Å². The van der Waals surface area contributed by atoms with Crippen LogP contribution < -0.4 is 0 Å². The lowest BCUT2D eigenvalue weighted by Gasteiger charge is -1.99. The Labute approximate surface area is 67.9 Å². The number of ether oxygens (including phenoxy) is 1. The van der Waals surface area contributed by atoms with E-state index in [1.165, 1.54) is 25.7 Å². The first-order chi connectivity index (χ1) is 4.41. The maximum Gasteiger partial charge on any atom is 0.0465 e. The van der Waals surface area contributed by atoms with Gasteiger partial charge in [0.15, 0.2) is 0 Å². The molecule has 0 rings (SSSR count). The molecular weight excluding hydrogens is 150 g/mol. The van der Waals surface area contributed by atoms with Gasteiger partial charge in [-0.1, -0.05) is 26.7 Å². The van der Waals surface area contributed by atoms with E-state index in [0.29, 0.717) is 0 Å². The molecule has 0 spiro atoms. The van der Waals surface area contributed by atoms with Crippen molar-refractivity contribution in [2.75, 3.05) is 13.2 Å². The summed E-state index contributed by atoms with van der Waals surface area (Å²) in [6, 6.07) is 0. The zero-order valence-corrected chi connectivity index (χ0v) is 7.47. The minimum atomic E-state index is 0. The predicted octanol–water partition coefficient (Wildman–Crippen LogP) is 2.91. The molecule has 0 saturated carbocycles. The molecular formula is C8H20F2O. The summed E-state index contributed by atoms with van der Waals surface area (Å²) in [7, 11) is 0. The summed E-state index contributed by atoms with van der Waals surface area (Å²) in [6.45, 7) is 6.28. The molecule has 1 nitrogen and oxygen atoms in total. The fourth-order valence-corrected chi connectivity index (χ4v) is 0.595. The Kier molecular flexibility index (Phi) is 25.5. The average Bonchev–Trinajstić information content (AvgIpc) is 1.89. The molecule has 0 heterocycles. The van der Waals surface area contributed by atoms with Crippen LogP contribution >= 0.6 is 0 Å². The van der Waals surface area contributed by atoms with Crippen LogP contribution in [0.2, 0.25) is 0 Å². The van der Waals surface area contributed by atoms with Crippen LogP contribution in [-0.4, -0.2) is 13.2 Å². The van der Waals surface area contributed by atoms with Gasteiger partial charge in [0.1, 0.15) is 0 Å². The Morgan fingerprint density at radius 2 is 1.18 bits per heavy atom. The second-order valence-corrected chi connectivity index (χ2v) is 2.32. The standard InChI is InChI=1S/C8H18O.2FH/c1-3-5-7-9-8-6-4-2;;/h3-8H2,1-2H3;2*1H. The summed E-state index contributed by atoms with van der Waals surface area (Å²) in [5.74, 6) is 0. The molecule has 0 radical (unpaired) electrons. The molecule has 0 saturated heterocycles. The third-order valence-electron chi connectivity index (χ3n) is 1.28. The van der Waals surface area contributed by atoms with Crippen LogP contribution in [0.3, 0.4) is 0 Å². The molecule has 0 aliphatic carbocycles. The van der Waals surface area contributed by atoms with Crippen LogP contribution in [0.25, 0.3) is 0 Å². The van der Waals surface area contributed by atoms with Gasteiger partial charge in [0.25, 0.3) is 0 Å². The molecule has 0 N–H and O–H groups in total. The minimum absolute atomic E-state index is 0. The van der Waals surface area contributed by atoms with Gasteiger partial charge in [-0.25, -0.2) is 0 Å². The number of halogens is 2. The highest BCUT2D eigenvalue weighted by atomic mass is 19.0. The van der Waals surface area contributed by atoms with Crippen LogP contribution in [-0.2, 0) is 4.74 Å². The van der Waals surface area contributed by atoms with Gasteiger partial charge in [0, 0.05) is 13.2 Å². The normalized spacial score (nSPS) is 8.18. The minimum Gasteiger partial charge on any atom is -0.381 e. The molecule has 0 aromatic rings. The number of unbranched alkanes of at least 4 members (excludes halogenated alkanes) is 2. The lowest BCUT2D eigenvalue weighted by molar-refractivity contribution is 0.128. The predicted molar refractivity (Wildman–Crippen MR) is 45.6 cm³/mol. The van der Waals surface area contributed by atoms with Crippen LogP contribution in [0.4, 0.5) is 9.41 Å². The van der Waals surface area contributed by atoms with Gasteiger partial charge in [-0.15, -0.1) is 0 Å². The topological polar surface area (TPSA) is 9.23 Å². The van der Waals surface area contributed by atoms with Crippen molar-refractivity contribution >= 4 is 0 Å². The summed E-state index contributed by atoms with van der Waals surface area (Å²) in [4.78, 5) is 0. The van der Waals surface area contributed by atoms with Crippen LogP contribution in [0, 0.1) is 0 Å². The third kappa shape index (κ3) is 17.7. The first-order valence-electron chi connectivity index (χ1n) is 3.99. The molecule has 0 aliphatic heterocycles. The van der Waals surface area contributed by atoms with E-state index in [-0.39, 0.29) is 9.41 Å². The molecule has 0 aromatic heterocycles. The molecule has 72 valence electrons. The largest absolute Gasteiger partial charge is 0.381 e. The maximum absolute atomic E-state index is 5.31. The molecule has 11 heavy (non-hydrogen) atoms. The second-order valence-electron chi connectivity index (χ2n) is 2.32. The fraction of sp³-hybridized carbons (Fsp3) is 1.00. The van der Waals surface area contributed by atoms with Crippen molar-refractivity contribution in [1.29, 1.82) is 0 Å². The molecule has 0 aliphatic rings. The van der Waals surface area contributed by atoms with Gasteiger partial charge < -0.3 is 4.74 Å². The Bertz CT molecular complexity index is 45.4. The first kappa shape index (κ1) is 17.1. The number of hydrogen-bond donors (Lipinski definition) is 0. The van der Waals surface area contributed by atoms with Gasteiger partial charge >= 0.3 is 0 Å². The highest BCUT2D eigenvalue weighted by molar-refractivity contribution is 4.33. The smallest absolute Gasteiger partial charge is 0.0465 e. The monoisotopic (exact) mass is 170 g/mol. The van der Waals surface area contributed by atoms with Crippen molar-refractivity contribution in [3.05, 3.63) is 0 Å². The van der Waals surface area contributed by atoms with Gasteiger partial charge in [0.05, 0.1) is 0 Å². The van der Waals surface area contributed by atoms with E-state index < -0.39 is 0 Å². The molecule has 3 heteroatoms. The van der Waals surface area contributed by atoms with Crippen LogP contribution in [0.15, 0.2) is 0 Å². The maximum atomic E-state index is 5.31. The zero-order chi connectivity index (χ0) is 6.95. The van der Waals surface area contributed by atoms with Crippen LogP contribution in [0.1, 0.15) is 39.5 Å². The van der Waals surface area contributed by atoms with E-state index in [1.807, 2.05) is 0 Å². The van der Waals surface area contributed by atoms with Crippen molar-refractivity contribution in [3.8, 4) is 0 Å². The Hall–Kier alpha value is -0.180. The summed E-state index contributed by atoms with van der Waals surface area (Å²) >= 11 is 0. The van der Waals surface area contributed by atoms with Crippen LogP contribution in [0.5, 0.6) is 0 Å². The number of hydrogen-bond acceptors (Lipinski definition) is 1. The second kappa shape index (κ2) is 16.4. The van der Waals surface area contributed by atoms with Crippen molar-refractivity contribution < 1.29 is 14.1 Å².